The van der Waals surface area contributed by atoms with E-state index in [-0.39, 0.29) is 49.4 Å². The van der Waals surface area contributed by atoms with Crippen LogP contribution in [0.4, 0.5) is 9.59 Å². The van der Waals surface area contributed by atoms with Crippen molar-refractivity contribution in [3.8, 4) is 104 Å². The summed E-state index contributed by atoms with van der Waals surface area (Å²) >= 11 is 19.3. The summed E-state index contributed by atoms with van der Waals surface area (Å²) < 4.78 is 44.3. The van der Waals surface area contributed by atoms with E-state index in [4.69, 9.17) is 78.4 Å². The fraction of sp³-hybridized carbons (Fsp3) is 0.356. The number of halogens is 4. The smallest absolute Gasteiger partial charge is 0.420 e. The molecular weight excluding hydrogens is 1350 g/mol. The Hall–Kier alpha value is -9.03. The van der Waals surface area contributed by atoms with Gasteiger partial charge in [0.05, 0.1) is 69.4 Å². The summed E-state index contributed by atoms with van der Waals surface area (Å²) in [4.78, 5) is 67.0. The van der Waals surface area contributed by atoms with Crippen LogP contribution in [-0.2, 0) is 29.2 Å². The Morgan fingerprint density at radius 1 is 0.444 bits per heavy atom. The van der Waals surface area contributed by atoms with E-state index in [0.29, 0.717) is 90.7 Å². The summed E-state index contributed by atoms with van der Waals surface area (Å²) in [5.41, 5.74) is 10.5. The predicted molar refractivity (Wildman–Crippen MR) is 381 cm³/mol. The van der Waals surface area contributed by atoms with Gasteiger partial charge in [-0.3, -0.25) is 0 Å². The highest BCUT2D eigenvalue weighted by atomic mass is 35.5. The third-order valence-corrected chi connectivity index (χ3v) is 16.1. The average molecular weight is 1430 g/mol. The molecule has 2 amide bonds. The van der Waals surface area contributed by atoms with Gasteiger partial charge < -0.3 is 48.7 Å². The number of hydrogen-bond acceptors (Lipinski definition) is 21. The number of rotatable bonds is 22. The van der Waals surface area contributed by atoms with Gasteiger partial charge in [-0.25, -0.2) is 29.4 Å². The van der Waals surface area contributed by atoms with Gasteiger partial charge >= 0.3 is 30.2 Å². The second-order valence-corrected chi connectivity index (χ2v) is 26.8. The fourth-order valence-corrected chi connectivity index (χ4v) is 9.87. The SMILES string of the molecule is COc1nc(-c2ccc(OCC3CC3)cc2)nc(-c2cc(CN(C(=O)OC(C)(C)C)C(=O)OC(C)(C)C)ccc2Cl)n1.COc1nc(-c2ccc(OCC3CC3)cc2)nc(-c2cc(CN)ccc2Cl)n1.COc1nc(-c2ccc(OCC3CC3)cc2)nc(-c2cc(CO)ccc2Cl)n1.Cl. The van der Waals surface area contributed by atoms with Gasteiger partial charge in [0.15, 0.2) is 34.9 Å². The van der Waals surface area contributed by atoms with E-state index in [1.54, 1.807) is 84.0 Å². The summed E-state index contributed by atoms with van der Waals surface area (Å²) in [5.74, 6) is 6.97. The number of aromatic nitrogens is 9. The molecule has 12 rings (SSSR count). The Labute approximate surface area is 596 Å². The normalized spacial score (nSPS) is 13.2. The topological polar surface area (TPSA) is 273 Å². The number of carbonyl (C=O) groups is 2. The molecule has 22 nitrogen and oxygen atoms in total. The maximum atomic E-state index is 13.0. The van der Waals surface area contributed by atoms with E-state index in [0.717, 1.165) is 69.8 Å². The molecule has 3 heterocycles. The Bertz CT molecular complexity index is 4040. The molecule has 99 heavy (non-hydrogen) atoms. The van der Waals surface area contributed by atoms with E-state index in [9.17, 15) is 14.7 Å². The van der Waals surface area contributed by atoms with Crippen molar-refractivity contribution in [2.24, 2.45) is 23.5 Å². The second kappa shape index (κ2) is 33.7. The number of methoxy groups -OCH3 is 3. The van der Waals surface area contributed by atoms with Gasteiger partial charge in [-0.05, 0) is 224 Å². The van der Waals surface area contributed by atoms with Crippen LogP contribution in [-0.4, -0.2) is 119 Å². The molecule has 0 atom stereocenters. The summed E-state index contributed by atoms with van der Waals surface area (Å²) in [7, 11) is 4.49. The number of hydrogen-bond donors (Lipinski definition) is 2. The number of carbonyl (C=O) groups excluding carboxylic acids is 2. The van der Waals surface area contributed by atoms with Crippen LogP contribution < -0.4 is 34.2 Å². The first-order valence-electron chi connectivity index (χ1n) is 32.0. The van der Waals surface area contributed by atoms with Gasteiger partial charge in [-0.1, -0.05) is 53.0 Å². The number of nitrogens with two attached hydrogens (primary N) is 1. The fourth-order valence-electron chi connectivity index (χ4n) is 9.26. The molecule has 0 saturated heterocycles. The van der Waals surface area contributed by atoms with Crippen LogP contribution in [0.25, 0.3) is 68.3 Å². The highest BCUT2D eigenvalue weighted by molar-refractivity contribution is 6.34. The van der Waals surface area contributed by atoms with Crippen LogP contribution >= 0.6 is 47.2 Å². The van der Waals surface area contributed by atoms with E-state index in [1.165, 1.54) is 59.9 Å². The van der Waals surface area contributed by atoms with Crippen LogP contribution in [0.2, 0.25) is 15.1 Å². The van der Waals surface area contributed by atoms with Gasteiger partial charge in [0.2, 0.25) is 0 Å². The number of amides is 2. The Kier molecular flexibility index (Phi) is 25.2. The molecule has 3 aromatic heterocycles. The third-order valence-electron chi connectivity index (χ3n) is 15.1. The lowest BCUT2D eigenvalue weighted by molar-refractivity contribution is -0.000281. The number of imide groups is 1. The predicted octanol–water partition coefficient (Wildman–Crippen LogP) is 16.0. The van der Waals surface area contributed by atoms with Crippen molar-refractivity contribution in [2.75, 3.05) is 41.2 Å². The van der Waals surface area contributed by atoms with Crippen molar-refractivity contribution in [3.05, 3.63) is 159 Å². The lowest BCUT2D eigenvalue weighted by Crippen LogP contribution is -2.43. The van der Waals surface area contributed by atoms with Crippen molar-refractivity contribution in [3.63, 3.8) is 0 Å². The zero-order chi connectivity index (χ0) is 69.7. The first kappa shape index (κ1) is 74.2. The molecule has 3 fully saturated rings. The van der Waals surface area contributed by atoms with Crippen LogP contribution in [0.15, 0.2) is 127 Å². The van der Waals surface area contributed by atoms with Crippen LogP contribution in [0.1, 0.15) is 96.8 Å². The Balaban J connectivity index is 0.000000178. The van der Waals surface area contributed by atoms with Crippen LogP contribution in [0.5, 0.6) is 35.3 Å². The molecule has 26 heteroatoms. The van der Waals surface area contributed by atoms with E-state index in [2.05, 4.69) is 44.9 Å². The summed E-state index contributed by atoms with van der Waals surface area (Å²) in [5, 5.41) is 10.8. The van der Waals surface area contributed by atoms with Gasteiger partial charge in [-0.2, -0.15) is 29.9 Å². The molecular formula is C73H79Cl4N11O11. The molecule has 9 aromatic rings. The average Bonchev–Trinajstić information content (AvgIpc) is 1.79. The van der Waals surface area contributed by atoms with Gasteiger partial charge in [0.1, 0.15) is 28.5 Å². The van der Waals surface area contributed by atoms with Crippen LogP contribution in [0.3, 0.4) is 0 Å². The number of nitrogens with zero attached hydrogens (tertiary/aromatic N) is 10. The lowest BCUT2D eigenvalue weighted by atomic mass is 10.1. The third kappa shape index (κ3) is 21.7. The van der Waals surface area contributed by atoms with Crippen molar-refractivity contribution >= 4 is 59.4 Å². The molecule has 3 aliphatic carbocycles. The second-order valence-electron chi connectivity index (χ2n) is 25.6. The number of benzene rings is 6. The summed E-state index contributed by atoms with van der Waals surface area (Å²) in [6.45, 7) is 12.8. The maximum Gasteiger partial charge on any atom is 0.420 e. The molecule has 520 valence electrons. The molecule has 3 N–H and O–H groups in total. The lowest BCUT2D eigenvalue weighted by Gasteiger charge is -2.28. The zero-order valence-electron chi connectivity index (χ0n) is 56.5. The quantitative estimate of drug-likeness (QED) is 0.0638. The first-order chi connectivity index (χ1) is 47.0. The van der Waals surface area contributed by atoms with Crippen molar-refractivity contribution in [2.45, 2.75) is 111 Å². The highest BCUT2D eigenvalue weighted by Crippen LogP contribution is 2.36. The number of ether oxygens (including phenoxy) is 8. The molecule has 0 radical (unpaired) electrons. The van der Waals surface area contributed by atoms with Crippen molar-refractivity contribution in [1.29, 1.82) is 0 Å². The minimum Gasteiger partial charge on any atom is -0.493 e. The minimum atomic E-state index is -0.832. The molecule has 3 saturated carbocycles. The van der Waals surface area contributed by atoms with Gasteiger partial charge in [-0.15, -0.1) is 12.4 Å². The first-order valence-corrected chi connectivity index (χ1v) is 33.2. The minimum absolute atomic E-state index is 0. The number of aliphatic hydroxyl groups is 1. The van der Waals surface area contributed by atoms with E-state index < -0.39 is 23.4 Å². The molecule has 0 unspecified atom stereocenters. The molecule has 0 aliphatic heterocycles. The summed E-state index contributed by atoms with van der Waals surface area (Å²) in [6.07, 6.45) is 5.81. The monoisotopic (exact) mass is 1430 g/mol. The standard InChI is InChI=1S/C31H37ClN4O6.C21H21ClN4O2.C21H20ClN3O3.ClH/c1-30(2,3)41-28(37)36(29(38)42-31(4,5)6)17-20-10-15-24(32)23(16-20)26-33-25(34-27(35-26)39-7)21-11-13-22(14-12-21)40-18-19-8-9-19;1-27-21-25-19(15-5-7-16(8-6-15)28-12-13-2-3-13)24-20(26-21)17-10-14(11-23)4-9-18(17)22;1-27-21-24-19(15-5-7-16(8-6-15)28-12-13-2-3-13)23-20(25-21)17-10-14(11-26)4-9-18(17)22;/h10-16,19H,8-9,17-18H2,1-7H3;4-10,13H,2-3,11-12,23H2,1H3;4-10,13,26H,2-3,11-12H2,1H3;1H. The Morgan fingerprint density at radius 3 is 1.03 bits per heavy atom. The highest BCUT2D eigenvalue weighted by Gasteiger charge is 2.32. The summed E-state index contributed by atoms with van der Waals surface area (Å²) in [6, 6.07) is 39.2. The van der Waals surface area contributed by atoms with Crippen molar-refractivity contribution in [1.82, 2.24) is 49.8 Å². The molecule has 0 bridgehead atoms. The maximum absolute atomic E-state index is 13.0. The van der Waals surface area contributed by atoms with Crippen molar-refractivity contribution < 1.29 is 52.6 Å². The van der Waals surface area contributed by atoms with E-state index in [1.807, 2.05) is 84.9 Å². The van der Waals surface area contributed by atoms with Crippen LogP contribution in [0, 0.1) is 17.8 Å². The van der Waals surface area contributed by atoms with E-state index >= 15 is 0 Å². The van der Waals surface area contributed by atoms with Gasteiger partial charge in [0, 0.05) is 39.9 Å². The molecule has 0 spiro atoms. The van der Waals surface area contributed by atoms with Gasteiger partial charge in [0.25, 0.3) is 0 Å². The largest absolute Gasteiger partial charge is 0.493 e. The molecule has 3 aliphatic rings. The Morgan fingerprint density at radius 2 is 0.737 bits per heavy atom. The molecule has 6 aromatic carbocycles. The number of aliphatic hydroxyl groups excluding tert-OH is 1. The zero-order valence-corrected chi connectivity index (χ0v) is 59.5.